The first-order valence-corrected chi connectivity index (χ1v) is 6.10. The van der Waals surface area contributed by atoms with E-state index in [0.29, 0.717) is 5.65 Å². The number of anilines is 1. The van der Waals surface area contributed by atoms with E-state index < -0.39 is 0 Å². The molecule has 0 bridgehead atoms. The molecule has 98 valence electrons. The van der Waals surface area contributed by atoms with Crippen LogP contribution >= 0.6 is 0 Å². The van der Waals surface area contributed by atoms with Crippen molar-refractivity contribution in [1.82, 2.24) is 30.1 Å². The Labute approximate surface area is 110 Å². The number of aromatic amines is 2. The van der Waals surface area contributed by atoms with E-state index in [9.17, 15) is 0 Å². The van der Waals surface area contributed by atoms with Crippen molar-refractivity contribution in [2.45, 2.75) is 13.3 Å². The fraction of sp³-hybridized carbons (Fsp3) is 0.333. The van der Waals surface area contributed by atoms with E-state index in [0.717, 1.165) is 35.6 Å². The van der Waals surface area contributed by atoms with Gasteiger partial charge < -0.3 is 9.88 Å². The summed E-state index contributed by atoms with van der Waals surface area (Å²) in [5.74, 6) is 0.899. The Kier molecular flexibility index (Phi) is 2.86. The van der Waals surface area contributed by atoms with Gasteiger partial charge in [-0.3, -0.25) is 5.10 Å². The number of nitrogens with one attached hydrogen (secondary N) is 2. The largest absolute Gasteiger partial charge is 0.359 e. The maximum atomic E-state index is 4.37. The lowest BCUT2D eigenvalue weighted by Gasteiger charge is -2.18. The van der Waals surface area contributed by atoms with Crippen LogP contribution in [0, 0.1) is 6.92 Å². The summed E-state index contributed by atoms with van der Waals surface area (Å²) in [6, 6.07) is 0. The highest BCUT2D eigenvalue weighted by Crippen LogP contribution is 2.23. The number of rotatable bonds is 4. The SMILES string of the molecule is Cc1[nH]nc2ncnc(N(C)CCc3cnc[nH]3)c12. The number of likely N-dealkylation sites (N-methyl/N-ethyl adjacent to an activating group) is 1. The topological polar surface area (TPSA) is 86.4 Å². The zero-order chi connectivity index (χ0) is 13.2. The van der Waals surface area contributed by atoms with Crippen LogP contribution in [0.1, 0.15) is 11.4 Å². The fourth-order valence-corrected chi connectivity index (χ4v) is 2.09. The molecule has 19 heavy (non-hydrogen) atoms. The third-order valence-corrected chi connectivity index (χ3v) is 3.14. The van der Waals surface area contributed by atoms with Gasteiger partial charge in [0.1, 0.15) is 12.1 Å². The summed E-state index contributed by atoms with van der Waals surface area (Å²) in [7, 11) is 2.02. The first-order valence-electron chi connectivity index (χ1n) is 6.10. The minimum Gasteiger partial charge on any atom is -0.359 e. The van der Waals surface area contributed by atoms with E-state index in [-0.39, 0.29) is 0 Å². The van der Waals surface area contributed by atoms with Gasteiger partial charge >= 0.3 is 0 Å². The van der Waals surface area contributed by atoms with Crippen molar-refractivity contribution in [3.8, 4) is 0 Å². The number of fused-ring (bicyclic) bond motifs is 1. The summed E-state index contributed by atoms with van der Waals surface area (Å²) < 4.78 is 0. The van der Waals surface area contributed by atoms with Crippen molar-refractivity contribution in [1.29, 1.82) is 0 Å². The Hall–Kier alpha value is -2.44. The van der Waals surface area contributed by atoms with E-state index in [1.54, 1.807) is 12.7 Å². The molecular weight excluding hydrogens is 242 g/mol. The van der Waals surface area contributed by atoms with Crippen LogP contribution < -0.4 is 4.90 Å². The molecule has 0 unspecified atom stereocenters. The molecule has 0 atom stereocenters. The van der Waals surface area contributed by atoms with Crippen LogP contribution in [0.25, 0.3) is 11.0 Å². The smallest absolute Gasteiger partial charge is 0.186 e. The third kappa shape index (κ3) is 2.14. The van der Waals surface area contributed by atoms with Crippen molar-refractivity contribution in [2.75, 3.05) is 18.5 Å². The first-order chi connectivity index (χ1) is 9.25. The fourth-order valence-electron chi connectivity index (χ4n) is 2.09. The molecule has 3 aromatic heterocycles. The lowest BCUT2D eigenvalue weighted by atomic mass is 10.2. The summed E-state index contributed by atoms with van der Waals surface area (Å²) in [5, 5.41) is 8.08. The predicted molar refractivity (Wildman–Crippen MR) is 72.0 cm³/mol. The van der Waals surface area contributed by atoms with Crippen LogP contribution in [-0.4, -0.2) is 43.7 Å². The Morgan fingerprint density at radius 1 is 1.32 bits per heavy atom. The molecule has 7 heteroatoms. The Balaban J connectivity index is 1.85. The zero-order valence-electron chi connectivity index (χ0n) is 10.9. The number of aryl methyl sites for hydroxylation is 1. The molecular formula is C12H15N7. The van der Waals surface area contributed by atoms with Gasteiger partial charge in [0.15, 0.2) is 5.65 Å². The highest BCUT2D eigenvalue weighted by Gasteiger charge is 2.13. The maximum Gasteiger partial charge on any atom is 0.186 e. The number of H-pyrrole nitrogens is 2. The van der Waals surface area contributed by atoms with Crippen LogP contribution in [0.4, 0.5) is 5.82 Å². The highest BCUT2D eigenvalue weighted by atomic mass is 15.2. The summed E-state index contributed by atoms with van der Waals surface area (Å²) in [6.07, 6.45) is 5.97. The molecule has 0 aromatic carbocycles. The summed E-state index contributed by atoms with van der Waals surface area (Å²) in [4.78, 5) is 17.7. The summed E-state index contributed by atoms with van der Waals surface area (Å²) in [5.41, 5.74) is 2.80. The van der Waals surface area contributed by atoms with Gasteiger partial charge in [-0.1, -0.05) is 0 Å². The molecule has 0 radical (unpaired) electrons. The van der Waals surface area contributed by atoms with Crippen molar-refractivity contribution in [3.63, 3.8) is 0 Å². The number of nitrogens with zero attached hydrogens (tertiary/aromatic N) is 5. The number of hydrogen-bond donors (Lipinski definition) is 2. The van der Waals surface area contributed by atoms with Gasteiger partial charge in [-0.25, -0.2) is 15.0 Å². The van der Waals surface area contributed by atoms with Crippen LogP contribution in [0.3, 0.4) is 0 Å². The lowest BCUT2D eigenvalue weighted by molar-refractivity contribution is 0.846. The molecule has 7 nitrogen and oxygen atoms in total. The molecule has 0 saturated heterocycles. The van der Waals surface area contributed by atoms with Crippen LogP contribution in [0.2, 0.25) is 0 Å². The van der Waals surface area contributed by atoms with Crippen LogP contribution in [0.5, 0.6) is 0 Å². The second-order valence-electron chi connectivity index (χ2n) is 4.49. The average Bonchev–Trinajstić information content (AvgIpc) is 3.06. The van der Waals surface area contributed by atoms with Crippen molar-refractivity contribution in [3.05, 3.63) is 30.2 Å². The van der Waals surface area contributed by atoms with Crippen LogP contribution in [-0.2, 0) is 6.42 Å². The molecule has 0 aliphatic rings. The molecule has 0 spiro atoms. The van der Waals surface area contributed by atoms with E-state index in [4.69, 9.17) is 0 Å². The third-order valence-electron chi connectivity index (χ3n) is 3.14. The second-order valence-corrected chi connectivity index (χ2v) is 4.49. The summed E-state index contributed by atoms with van der Waals surface area (Å²) >= 11 is 0. The number of hydrogen-bond acceptors (Lipinski definition) is 5. The molecule has 3 heterocycles. The van der Waals surface area contributed by atoms with E-state index in [2.05, 4.69) is 35.0 Å². The van der Waals surface area contributed by atoms with Crippen LogP contribution in [0.15, 0.2) is 18.9 Å². The molecule has 0 saturated carbocycles. The van der Waals surface area contributed by atoms with E-state index in [1.807, 2.05) is 20.2 Å². The summed E-state index contributed by atoms with van der Waals surface area (Å²) in [6.45, 7) is 2.82. The molecule has 2 N–H and O–H groups in total. The molecule has 0 aliphatic heterocycles. The second kappa shape index (κ2) is 4.68. The van der Waals surface area contributed by atoms with Crippen molar-refractivity contribution < 1.29 is 0 Å². The Morgan fingerprint density at radius 3 is 3.00 bits per heavy atom. The standard InChI is InChI=1S/C12H15N7/c1-8-10-11(18-17-8)15-7-16-12(10)19(2)4-3-9-5-13-6-14-9/h5-7H,3-4H2,1-2H3,(H,13,14)(H,15,16,17,18). The minimum absolute atomic E-state index is 0.705. The van der Waals surface area contributed by atoms with Gasteiger partial charge in [0, 0.05) is 37.6 Å². The monoisotopic (exact) mass is 257 g/mol. The van der Waals surface area contributed by atoms with Gasteiger partial charge in [0.25, 0.3) is 0 Å². The predicted octanol–water partition coefficient (Wildman–Crippen LogP) is 1.06. The normalized spacial score (nSPS) is 11.1. The average molecular weight is 257 g/mol. The van der Waals surface area contributed by atoms with E-state index in [1.165, 1.54) is 0 Å². The van der Waals surface area contributed by atoms with Gasteiger partial charge in [0.2, 0.25) is 0 Å². The minimum atomic E-state index is 0.705. The Morgan fingerprint density at radius 2 is 2.21 bits per heavy atom. The first kappa shape index (κ1) is 11.6. The quantitative estimate of drug-likeness (QED) is 0.730. The van der Waals surface area contributed by atoms with Crippen molar-refractivity contribution in [2.24, 2.45) is 0 Å². The number of aromatic nitrogens is 6. The zero-order valence-corrected chi connectivity index (χ0v) is 10.9. The maximum absolute atomic E-state index is 4.37. The molecule has 3 aromatic rings. The lowest BCUT2D eigenvalue weighted by Crippen LogP contribution is -2.22. The van der Waals surface area contributed by atoms with Gasteiger partial charge in [0.05, 0.1) is 11.7 Å². The number of imidazole rings is 1. The van der Waals surface area contributed by atoms with Gasteiger partial charge in [-0.15, -0.1) is 0 Å². The molecule has 3 rings (SSSR count). The molecule has 0 amide bonds. The Bertz CT molecular complexity index is 671. The molecule has 0 aliphatic carbocycles. The van der Waals surface area contributed by atoms with Crippen molar-refractivity contribution >= 4 is 16.9 Å². The molecule has 0 fully saturated rings. The van der Waals surface area contributed by atoms with Gasteiger partial charge in [-0.2, -0.15) is 5.10 Å². The van der Waals surface area contributed by atoms with E-state index >= 15 is 0 Å². The highest BCUT2D eigenvalue weighted by molar-refractivity contribution is 5.88. The van der Waals surface area contributed by atoms with Gasteiger partial charge in [-0.05, 0) is 6.92 Å².